The lowest BCUT2D eigenvalue weighted by Crippen LogP contribution is -2.50. The molecule has 0 unspecified atom stereocenters. The molecule has 0 aliphatic carbocycles. The number of carbonyl (C=O) groups excluding carboxylic acids is 1. The number of hydrogen-bond donors (Lipinski definition) is 2. The van der Waals surface area contributed by atoms with Crippen LogP contribution in [0.2, 0.25) is 0 Å². The summed E-state index contributed by atoms with van der Waals surface area (Å²) in [6.45, 7) is 0.409. The zero-order valence-corrected chi connectivity index (χ0v) is 11.9. The van der Waals surface area contributed by atoms with E-state index < -0.39 is 11.6 Å². The molecule has 22 heavy (non-hydrogen) atoms. The molecule has 2 heterocycles. The van der Waals surface area contributed by atoms with Gasteiger partial charge in [0.2, 0.25) is 0 Å². The van der Waals surface area contributed by atoms with E-state index in [2.05, 4.69) is 4.98 Å². The number of pyridine rings is 1. The first-order valence-electron chi connectivity index (χ1n) is 7.10. The number of aromatic nitrogens is 1. The molecule has 1 amide bonds. The normalized spacial score (nSPS) is 17.4. The van der Waals surface area contributed by atoms with E-state index in [1.54, 1.807) is 6.07 Å². The summed E-state index contributed by atoms with van der Waals surface area (Å²) in [5, 5.41) is 19.9. The topological polar surface area (TPSA) is 90.7 Å². The number of fused-ring (bicyclic) bond motifs is 1. The minimum absolute atomic E-state index is 0.0294. The molecule has 0 bridgehead atoms. The van der Waals surface area contributed by atoms with Crippen molar-refractivity contribution in [2.24, 2.45) is 0 Å². The number of aliphatic hydroxyl groups is 1. The van der Waals surface area contributed by atoms with Crippen LogP contribution < -0.4 is 0 Å². The van der Waals surface area contributed by atoms with Gasteiger partial charge in [0.25, 0.3) is 5.91 Å². The predicted molar refractivity (Wildman–Crippen MR) is 79.5 cm³/mol. The summed E-state index contributed by atoms with van der Waals surface area (Å²) in [6, 6.07) is 11.0. The molecular weight excluding hydrogens is 284 g/mol. The highest BCUT2D eigenvalue weighted by Gasteiger charge is 2.40. The van der Waals surface area contributed by atoms with Crippen molar-refractivity contribution < 1.29 is 19.8 Å². The first-order valence-corrected chi connectivity index (χ1v) is 7.10. The van der Waals surface area contributed by atoms with E-state index in [0.29, 0.717) is 5.69 Å². The molecule has 2 aromatic rings. The summed E-state index contributed by atoms with van der Waals surface area (Å²) in [6.07, 6.45) is 0.0588. The summed E-state index contributed by atoms with van der Waals surface area (Å²) in [7, 11) is 0. The fourth-order valence-corrected chi connectivity index (χ4v) is 2.64. The fraction of sp³-hybridized carbons (Fsp3) is 0.312. The Morgan fingerprint density at radius 1 is 1.09 bits per heavy atom. The molecule has 0 saturated carbocycles. The largest absolute Gasteiger partial charge is 0.479 e. The van der Waals surface area contributed by atoms with Gasteiger partial charge in [0, 0.05) is 31.3 Å². The number of para-hydroxylation sites is 1. The maximum atomic E-state index is 12.5. The van der Waals surface area contributed by atoms with Crippen molar-refractivity contribution in [3.63, 3.8) is 0 Å². The summed E-state index contributed by atoms with van der Waals surface area (Å²) in [5.74, 6) is -1.47. The standard InChI is InChI=1S/C16H16N2O4/c19-14(18-9-7-16(22,8-10-18)15(20)21)13-6-5-11-3-1-2-4-12(11)17-13/h1-6,22H,7-10H2,(H,20,21). The highest BCUT2D eigenvalue weighted by Crippen LogP contribution is 2.23. The molecule has 0 spiro atoms. The predicted octanol–water partition coefficient (Wildman–Crippen LogP) is 1.29. The van der Waals surface area contributed by atoms with Gasteiger partial charge >= 0.3 is 5.97 Å². The van der Waals surface area contributed by atoms with E-state index in [1.165, 1.54) is 4.90 Å². The number of carboxylic acid groups (broad SMARTS) is 1. The molecule has 6 nitrogen and oxygen atoms in total. The highest BCUT2D eigenvalue weighted by molar-refractivity contribution is 5.95. The molecule has 1 saturated heterocycles. The van der Waals surface area contributed by atoms with Crippen molar-refractivity contribution in [2.75, 3.05) is 13.1 Å². The lowest BCUT2D eigenvalue weighted by Gasteiger charge is -2.35. The fourth-order valence-electron chi connectivity index (χ4n) is 2.64. The Hall–Kier alpha value is -2.47. The second kappa shape index (κ2) is 5.38. The van der Waals surface area contributed by atoms with E-state index in [9.17, 15) is 14.7 Å². The maximum Gasteiger partial charge on any atom is 0.335 e. The lowest BCUT2D eigenvalue weighted by atomic mass is 9.91. The van der Waals surface area contributed by atoms with E-state index in [0.717, 1.165) is 10.9 Å². The van der Waals surface area contributed by atoms with Gasteiger partial charge in [-0.1, -0.05) is 24.3 Å². The molecule has 0 radical (unpaired) electrons. The van der Waals surface area contributed by atoms with E-state index in [4.69, 9.17) is 5.11 Å². The Bertz CT molecular complexity index is 736. The molecule has 1 fully saturated rings. The Balaban J connectivity index is 1.78. The van der Waals surface area contributed by atoms with E-state index in [1.807, 2.05) is 30.3 Å². The van der Waals surface area contributed by atoms with Crippen molar-refractivity contribution in [3.8, 4) is 0 Å². The molecule has 6 heteroatoms. The monoisotopic (exact) mass is 300 g/mol. The second-order valence-electron chi connectivity index (χ2n) is 5.52. The quantitative estimate of drug-likeness (QED) is 0.872. The minimum Gasteiger partial charge on any atom is -0.479 e. The summed E-state index contributed by atoms with van der Waals surface area (Å²) < 4.78 is 0. The van der Waals surface area contributed by atoms with Crippen LogP contribution >= 0.6 is 0 Å². The first kappa shape index (κ1) is 14.5. The van der Waals surface area contributed by atoms with Crippen LogP contribution in [0, 0.1) is 0 Å². The molecule has 1 aromatic heterocycles. The van der Waals surface area contributed by atoms with Crippen LogP contribution in [0.5, 0.6) is 0 Å². The van der Waals surface area contributed by atoms with Gasteiger partial charge in [0.15, 0.2) is 5.60 Å². The average Bonchev–Trinajstić information content (AvgIpc) is 2.54. The summed E-state index contributed by atoms with van der Waals surface area (Å²) in [4.78, 5) is 29.3. The molecular formula is C16H16N2O4. The minimum atomic E-state index is -1.73. The van der Waals surface area contributed by atoms with Crippen molar-refractivity contribution in [3.05, 3.63) is 42.1 Å². The Kier molecular flexibility index (Phi) is 3.54. The third-order valence-electron chi connectivity index (χ3n) is 4.09. The van der Waals surface area contributed by atoms with Crippen LogP contribution in [0.1, 0.15) is 23.3 Å². The van der Waals surface area contributed by atoms with Crippen LogP contribution in [0.25, 0.3) is 10.9 Å². The number of likely N-dealkylation sites (tertiary alicyclic amines) is 1. The van der Waals surface area contributed by atoms with Crippen molar-refractivity contribution in [1.82, 2.24) is 9.88 Å². The molecule has 3 rings (SSSR count). The first-order chi connectivity index (χ1) is 10.5. The third kappa shape index (κ3) is 2.53. The number of benzene rings is 1. The Labute approximate surface area is 127 Å². The van der Waals surface area contributed by atoms with Gasteiger partial charge < -0.3 is 15.1 Å². The van der Waals surface area contributed by atoms with E-state index in [-0.39, 0.29) is 31.8 Å². The third-order valence-corrected chi connectivity index (χ3v) is 4.09. The van der Waals surface area contributed by atoms with E-state index >= 15 is 0 Å². The Morgan fingerprint density at radius 2 is 1.77 bits per heavy atom. The van der Waals surface area contributed by atoms with Gasteiger partial charge in [0.05, 0.1) is 5.52 Å². The van der Waals surface area contributed by atoms with Crippen molar-refractivity contribution in [1.29, 1.82) is 0 Å². The zero-order valence-electron chi connectivity index (χ0n) is 11.9. The van der Waals surface area contributed by atoms with Gasteiger partial charge in [0.1, 0.15) is 5.69 Å². The summed E-state index contributed by atoms with van der Waals surface area (Å²) >= 11 is 0. The number of piperidine rings is 1. The van der Waals surface area contributed by atoms with Gasteiger partial charge in [-0.15, -0.1) is 0 Å². The average molecular weight is 300 g/mol. The lowest BCUT2D eigenvalue weighted by molar-refractivity contribution is -0.162. The number of carboxylic acids is 1. The summed E-state index contributed by atoms with van der Waals surface area (Å²) in [5.41, 5.74) is -0.653. The van der Waals surface area contributed by atoms with Crippen LogP contribution in [0.3, 0.4) is 0 Å². The number of carbonyl (C=O) groups is 2. The van der Waals surface area contributed by atoms with Gasteiger partial charge in [-0.2, -0.15) is 0 Å². The molecule has 2 N–H and O–H groups in total. The van der Waals surface area contributed by atoms with Crippen LogP contribution in [-0.2, 0) is 4.79 Å². The number of hydrogen-bond acceptors (Lipinski definition) is 4. The molecule has 114 valence electrons. The SMILES string of the molecule is O=C(c1ccc2ccccc2n1)N1CCC(O)(C(=O)O)CC1. The zero-order chi connectivity index (χ0) is 15.7. The van der Waals surface area contributed by atoms with Crippen LogP contribution in [0.4, 0.5) is 0 Å². The number of rotatable bonds is 2. The highest BCUT2D eigenvalue weighted by atomic mass is 16.4. The Morgan fingerprint density at radius 3 is 2.45 bits per heavy atom. The van der Waals surface area contributed by atoms with Crippen LogP contribution in [-0.4, -0.2) is 50.7 Å². The second-order valence-corrected chi connectivity index (χ2v) is 5.52. The molecule has 0 atom stereocenters. The molecule has 1 aliphatic heterocycles. The van der Waals surface area contributed by atoms with Crippen LogP contribution in [0.15, 0.2) is 36.4 Å². The maximum absolute atomic E-state index is 12.5. The number of nitrogens with zero attached hydrogens (tertiary/aromatic N) is 2. The molecule has 1 aliphatic rings. The van der Waals surface area contributed by atoms with Gasteiger partial charge in [-0.3, -0.25) is 4.79 Å². The number of aliphatic carboxylic acids is 1. The van der Waals surface area contributed by atoms with Gasteiger partial charge in [-0.05, 0) is 12.1 Å². The van der Waals surface area contributed by atoms with Gasteiger partial charge in [-0.25, -0.2) is 9.78 Å². The van der Waals surface area contributed by atoms with Crippen molar-refractivity contribution >= 4 is 22.8 Å². The molecule has 1 aromatic carbocycles. The smallest absolute Gasteiger partial charge is 0.335 e. The number of amides is 1. The van der Waals surface area contributed by atoms with Crippen molar-refractivity contribution in [2.45, 2.75) is 18.4 Å².